The number of carboxylic acid groups (broad SMARTS) is 1. The van der Waals surface area contributed by atoms with Gasteiger partial charge < -0.3 is 25.4 Å². The Balaban J connectivity index is 0.000000949. The number of nitrogens with two attached hydrogens (primary N) is 2. The first-order valence-corrected chi connectivity index (χ1v) is 23.6. The Morgan fingerprint density at radius 2 is 1.05 bits per heavy atom. The third-order valence-electron chi connectivity index (χ3n) is 7.46. The van der Waals surface area contributed by atoms with Crippen LogP contribution in [0.1, 0.15) is 76.1 Å². The summed E-state index contributed by atoms with van der Waals surface area (Å²) in [5.41, 5.74) is 2.05. The first-order chi connectivity index (χ1) is 25.2. The van der Waals surface area contributed by atoms with Gasteiger partial charge in [-0.25, -0.2) is 0 Å². The number of rotatable bonds is 13. The molecule has 314 valence electrons. The standard InChI is InChI=1S/C29H29F12NO2Si2.C6H14N2O2/c1-45(2,3)43-24(16-10-18(26(30,31)32)14-19(11-16)27(33,34)35)22-8-7-9-42-23(22)25(44-46(4,5)6)17-12-20(28(36,37)38)15-21(13-17)29(39,40)41;7-4-2-1-3-5(8)6(9)10/h7-15,24-25H,1-6H3;5H,1-4,7-8H2,(H,9,10)/t;5-/m.0/s1. The first kappa shape index (κ1) is 48.6. The predicted molar refractivity (Wildman–Crippen MR) is 188 cm³/mol. The number of hydrogen-bond donors (Lipinski definition) is 3. The van der Waals surface area contributed by atoms with Gasteiger partial charge in [0.2, 0.25) is 0 Å². The van der Waals surface area contributed by atoms with Crippen LogP contribution < -0.4 is 11.5 Å². The maximum atomic E-state index is 13.8. The number of benzene rings is 2. The molecular formula is C35H43F12N3O4Si2. The van der Waals surface area contributed by atoms with E-state index in [-0.39, 0.29) is 23.4 Å². The number of unbranched alkanes of at least 4 members (excludes halogenated alkanes) is 1. The van der Waals surface area contributed by atoms with Gasteiger partial charge in [-0.05, 0) is 112 Å². The quantitative estimate of drug-likeness (QED) is 0.0889. The molecule has 0 amide bonds. The Hall–Kier alpha value is -3.51. The molecule has 3 atom stereocenters. The van der Waals surface area contributed by atoms with Crippen LogP contribution in [0.25, 0.3) is 0 Å². The van der Waals surface area contributed by atoms with Crippen LogP contribution in [0, 0.1) is 0 Å². The molecule has 56 heavy (non-hydrogen) atoms. The average molecular weight is 854 g/mol. The second-order valence-electron chi connectivity index (χ2n) is 14.6. The highest BCUT2D eigenvalue weighted by Crippen LogP contribution is 2.44. The van der Waals surface area contributed by atoms with Gasteiger partial charge in [0.05, 0.1) is 34.1 Å². The van der Waals surface area contributed by atoms with Gasteiger partial charge in [-0.3, -0.25) is 9.78 Å². The van der Waals surface area contributed by atoms with E-state index in [2.05, 4.69) is 4.98 Å². The summed E-state index contributed by atoms with van der Waals surface area (Å²) in [6, 6.07) is 3.42. The number of alkyl halides is 12. The van der Waals surface area contributed by atoms with Crippen molar-refractivity contribution in [2.75, 3.05) is 6.54 Å². The molecule has 0 spiro atoms. The summed E-state index contributed by atoms with van der Waals surface area (Å²) in [6.07, 6.45) is -21.1. The second-order valence-corrected chi connectivity index (χ2v) is 23.5. The Labute approximate surface area is 317 Å². The molecule has 0 aliphatic heterocycles. The second kappa shape index (κ2) is 18.4. The summed E-state index contributed by atoms with van der Waals surface area (Å²) in [6.45, 7) is 10.1. The Kier molecular flexibility index (Phi) is 16.0. The van der Waals surface area contributed by atoms with E-state index in [1.54, 1.807) is 39.3 Å². The number of carboxylic acids is 1. The van der Waals surface area contributed by atoms with E-state index in [1.807, 2.05) is 0 Å². The Morgan fingerprint density at radius 3 is 1.39 bits per heavy atom. The summed E-state index contributed by atoms with van der Waals surface area (Å²) in [4.78, 5) is 14.3. The number of pyridine rings is 1. The highest BCUT2D eigenvalue weighted by atomic mass is 28.4. The van der Waals surface area contributed by atoms with Crippen molar-refractivity contribution in [1.29, 1.82) is 0 Å². The van der Waals surface area contributed by atoms with Gasteiger partial charge in [-0.2, -0.15) is 52.7 Å². The summed E-state index contributed by atoms with van der Waals surface area (Å²) in [7, 11) is -5.78. The molecule has 3 aromatic rings. The van der Waals surface area contributed by atoms with E-state index in [0.29, 0.717) is 37.2 Å². The van der Waals surface area contributed by atoms with Crippen LogP contribution in [0.5, 0.6) is 0 Å². The van der Waals surface area contributed by atoms with E-state index in [4.69, 9.17) is 25.4 Å². The zero-order valence-electron chi connectivity index (χ0n) is 31.1. The first-order valence-electron chi connectivity index (χ1n) is 16.8. The van der Waals surface area contributed by atoms with Gasteiger partial charge in [0.15, 0.2) is 16.6 Å². The highest BCUT2D eigenvalue weighted by molar-refractivity contribution is 6.70. The van der Waals surface area contributed by atoms with Crippen LogP contribution in [-0.2, 0) is 38.4 Å². The number of aromatic nitrogens is 1. The minimum Gasteiger partial charge on any atom is -0.480 e. The largest absolute Gasteiger partial charge is 0.480 e. The van der Waals surface area contributed by atoms with Gasteiger partial charge in [0.1, 0.15) is 12.1 Å². The van der Waals surface area contributed by atoms with Crippen molar-refractivity contribution in [2.24, 2.45) is 11.5 Å². The molecule has 0 aliphatic carbocycles. The number of aliphatic carboxylic acids is 1. The molecule has 3 rings (SSSR count). The summed E-state index contributed by atoms with van der Waals surface area (Å²) < 4.78 is 178. The molecule has 0 bridgehead atoms. The van der Waals surface area contributed by atoms with E-state index < -0.39 is 98.9 Å². The third-order valence-corrected chi connectivity index (χ3v) is 9.34. The molecule has 0 radical (unpaired) electrons. The van der Waals surface area contributed by atoms with E-state index in [0.717, 1.165) is 19.0 Å². The van der Waals surface area contributed by atoms with Crippen molar-refractivity contribution < 1.29 is 71.4 Å². The Bertz CT molecular complexity index is 1590. The van der Waals surface area contributed by atoms with Crippen molar-refractivity contribution in [3.8, 4) is 0 Å². The number of halogens is 12. The van der Waals surface area contributed by atoms with Crippen LogP contribution in [0.3, 0.4) is 0 Å². The predicted octanol–water partition coefficient (Wildman–Crippen LogP) is 10.6. The monoisotopic (exact) mass is 853 g/mol. The molecule has 5 N–H and O–H groups in total. The zero-order chi connectivity index (χ0) is 43.2. The molecule has 1 heterocycles. The molecular weight excluding hydrogens is 811 g/mol. The number of carbonyl (C=O) groups is 1. The molecule has 0 fully saturated rings. The van der Waals surface area contributed by atoms with E-state index >= 15 is 0 Å². The van der Waals surface area contributed by atoms with Gasteiger partial charge in [-0.1, -0.05) is 12.5 Å². The fourth-order valence-electron chi connectivity index (χ4n) is 5.06. The number of hydrogen-bond acceptors (Lipinski definition) is 6. The molecule has 0 aliphatic rings. The lowest BCUT2D eigenvalue weighted by Crippen LogP contribution is -2.32. The van der Waals surface area contributed by atoms with Crippen molar-refractivity contribution >= 4 is 22.6 Å². The van der Waals surface area contributed by atoms with Crippen LogP contribution >= 0.6 is 0 Å². The molecule has 7 nitrogen and oxygen atoms in total. The van der Waals surface area contributed by atoms with Crippen LogP contribution in [-0.4, -0.2) is 45.3 Å². The summed E-state index contributed by atoms with van der Waals surface area (Å²) in [5.74, 6) is -0.933. The van der Waals surface area contributed by atoms with E-state index in [1.165, 1.54) is 12.1 Å². The minimum atomic E-state index is -5.22. The summed E-state index contributed by atoms with van der Waals surface area (Å²) in [5, 5.41) is 8.33. The molecule has 2 unspecified atom stereocenters. The average Bonchev–Trinajstić information content (AvgIpc) is 3.03. The maximum Gasteiger partial charge on any atom is 0.416 e. The van der Waals surface area contributed by atoms with Gasteiger partial charge in [-0.15, -0.1) is 0 Å². The van der Waals surface area contributed by atoms with E-state index in [9.17, 15) is 57.5 Å². The van der Waals surface area contributed by atoms with Crippen molar-refractivity contribution in [3.05, 3.63) is 99.4 Å². The molecule has 2 aromatic carbocycles. The van der Waals surface area contributed by atoms with Crippen LogP contribution in [0.15, 0.2) is 54.7 Å². The van der Waals surface area contributed by atoms with Crippen LogP contribution in [0.4, 0.5) is 52.7 Å². The van der Waals surface area contributed by atoms with Gasteiger partial charge in [0.25, 0.3) is 0 Å². The Morgan fingerprint density at radius 1 is 0.679 bits per heavy atom. The van der Waals surface area contributed by atoms with Crippen molar-refractivity contribution in [1.82, 2.24) is 4.98 Å². The minimum absolute atomic E-state index is 0.0718. The highest BCUT2D eigenvalue weighted by Gasteiger charge is 2.41. The zero-order valence-corrected chi connectivity index (χ0v) is 33.1. The smallest absolute Gasteiger partial charge is 0.416 e. The summed E-state index contributed by atoms with van der Waals surface area (Å²) >= 11 is 0. The fourth-order valence-corrected chi connectivity index (χ4v) is 6.99. The lowest BCUT2D eigenvalue weighted by Gasteiger charge is -2.33. The van der Waals surface area contributed by atoms with Crippen LogP contribution in [0.2, 0.25) is 39.3 Å². The number of nitrogens with zero attached hydrogens (tertiary/aromatic N) is 1. The molecule has 0 saturated carbocycles. The normalized spacial score (nSPS) is 14.8. The molecule has 1 aromatic heterocycles. The van der Waals surface area contributed by atoms with Crippen molar-refractivity contribution in [2.45, 2.75) is 101 Å². The fraction of sp³-hybridized carbons (Fsp3) is 0.486. The van der Waals surface area contributed by atoms with Crippen molar-refractivity contribution in [3.63, 3.8) is 0 Å². The lowest BCUT2D eigenvalue weighted by atomic mass is 9.92. The topological polar surface area (TPSA) is 121 Å². The van der Waals surface area contributed by atoms with Gasteiger partial charge in [0, 0.05) is 11.8 Å². The molecule has 0 saturated heterocycles. The maximum absolute atomic E-state index is 13.8. The molecule has 21 heteroatoms. The lowest BCUT2D eigenvalue weighted by molar-refractivity contribution is -0.144. The SMILES string of the molecule is C[Si](C)(C)OC(c1cc(C(F)(F)F)cc(C(F)(F)F)c1)c1cccnc1C(O[Si](C)(C)C)c1cc(C(F)(F)F)cc(C(F)(F)F)c1.NCCCC[C@H](N)C(=O)O. The third kappa shape index (κ3) is 15.1. The van der Waals surface area contributed by atoms with Gasteiger partial charge >= 0.3 is 30.7 Å².